The Hall–Kier alpha value is -2.54. The summed E-state index contributed by atoms with van der Waals surface area (Å²) in [6.07, 6.45) is 0.958. The van der Waals surface area contributed by atoms with Crippen LogP contribution in [0.5, 0.6) is 0 Å². The van der Waals surface area contributed by atoms with Crippen LogP contribution in [0.15, 0.2) is 59.5 Å². The standard InChI is InChI=1S/C19H23N3O3S/c1-15-7-9-18(10-8-15)26(24,25)21-19(23)20-13-16-11-12-22(14-16)17-5-3-2-4-6-17/h2-10,16H,11-14H2,1H3,(H2,20,21,23). The smallest absolute Gasteiger partial charge is 0.328 e. The molecule has 0 saturated carbocycles. The average Bonchev–Trinajstić information content (AvgIpc) is 3.10. The Bertz CT molecular complexity index is 851. The van der Waals surface area contributed by atoms with E-state index in [1.807, 2.05) is 25.1 Å². The number of carbonyl (C=O) groups excluding carboxylic acids is 1. The summed E-state index contributed by atoms with van der Waals surface area (Å²) in [6, 6.07) is 15.8. The van der Waals surface area contributed by atoms with Crippen molar-refractivity contribution >= 4 is 21.7 Å². The fraction of sp³-hybridized carbons (Fsp3) is 0.316. The van der Waals surface area contributed by atoms with E-state index in [0.717, 1.165) is 25.1 Å². The van der Waals surface area contributed by atoms with E-state index >= 15 is 0 Å². The molecule has 3 rings (SSSR count). The van der Waals surface area contributed by atoms with Gasteiger partial charge in [0.1, 0.15) is 0 Å². The number of anilines is 1. The molecule has 2 aromatic rings. The van der Waals surface area contributed by atoms with Gasteiger partial charge in [0, 0.05) is 25.3 Å². The molecule has 1 saturated heterocycles. The van der Waals surface area contributed by atoms with E-state index in [2.05, 4.69) is 27.1 Å². The number of rotatable bonds is 5. The minimum absolute atomic E-state index is 0.0781. The van der Waals surface area contributed by atoms with Gasteiger partial charge >= 0.3 is 6.03 Å². The molecule has 0 aromatic heterocycles. The van der Waals surface area contributed by atoms with Crippen molar-refractivity contribution in [2.24, 2.45) is 5.92 Å². The molecule has 1 heterocycles. The summed E-state index contributed by atoms with van der Waals surface area (Å²) in [5, 5.41) is 2.68. The molecular weight excluding hydrogens is 350 g/mol. The molecule has 0 spiro atoms. The van der Waals surface area contributed by atoms with Crippen LogP contribution in [0.4, 0.5) is 10.5 Å². The molecule has 0 aliphatic carbocycles. The minimum atomic E-state index is -3.85. The Morgan fingerprint density at radius 2 is 1.81 bits per heavy atom. The van der Waals surface area contributed by atoms with Crippen LogP contribution in [0.3, 0.4) is 0 Å². The largest absolute Gasteiger partial charge is 0.371 e. The van der Waals surface area contributed by atoms with Crippen LogP contribution < -0.4 is 14.9 Å². The Balaban J connectivity index is 1.49. The molecular formula is C19H23N3O3S. The highest BCUT2D eigenvalue weighted by Gasteiger charge is 2.24. The zero-order valence-electron chi connectivity index (χ0n) is 14.7. The van der Waals surface area contributed by atoms with Gasteiger partial charge in [0.25, 0.3) is 10.0 Å². The van der Waals surface area contributed by atoms with Crippen molar-refractivity contribution in [2.75, 3.05) is 24.5 Å². The number of hydrogen-bond donors (Lipinski definition) is 2. The third kappa shape index (κ3) is 4.54. The van der Waals surface area contributed by atoms with Crippen molar-refractivity contribution in [2.45, 2.75) is 18.2 Å². The first kappa shape index (κ1) is 18.3. The predicted molar refractivity (Wildman–Crippen MR) is 102 cm³/mol. The molecule has 6 nitrogen and oxygen atoms in total. The Morgan fingerprint density at radius 3 is 2.50 bits per heavy atom. The van der Waals surface area contributed by atoms with Crippen molar-refractivity contribution in [3.8, 4) is 0 Å². The fourth-order valence-electron chi connectivity index (χ4n) is 3.04. The first-order chi connectivity index (χ1) is 12.4. The topological polar surface area (TPSA) is 78.5 Å². The zero-order chi connectivity index (χ0) is 18.6. The van der Waals surface area contributed by atoms with Gasteiger partial charge in [0.05, 0.1) is 4.90 Å². The molecule has 7 heteroatoms. The molecule has 0 bridgehead atoms. The van der Waals surface area contributed by atoms with Crippen LogP contribution in [-0.4, -0.2) is 34.1 Å². The van der Waals surface area contributed by atoms with Crippen molar-refractivity contribution < 1.29 is 13.2 Å². The molecule has 1 fully saturated rings. The summed E-state index contributed by atoms with van der Waals surface area (Å²) < 4.78 is 26.5. The van der Waals surface area contributed by atoms with Crippen LogP contribution in [0.2, 0.25) is 0 Å². The SMILES string of the molecule is Cc1ccc(S(=O)(=O)NC(=O)NCC2CCN(c3ccccc3)C2)cc1. The quantitative estimate of drug-likeness (QED) is 0.844. The van der Waals surface area contributed by atoms with Crippen molar-refractivity contribution in [1.29, 1.82) is 0 Å². The average molecular weight is 373 g/mol. The predicted octanol–water partition coefficient (Wildman–Crippen LogP) is 2.51. The lowest BCUT2D eigenvalue weighted by molar-refractivity contribution is 0.244. The van der Waals surface area contributed by atoms with E-state index in [-0.39, 0.29) is 4.90 Å². The number of carbonyl (C=O) groups is 1. The van der Waals surface area contributed by atoms with Gasteiger partial charge in [-0.2, -0.15) is 0 Å². The number of nitrogens with zero attached hydrogens (tertiary/aromatic N) is 1. The number of urea groups is 1. The second kappa shape index (κ2) is 7.78. The maximum atomic E-state index is 12.2. The Morgan fingerprint density at radius 1 is 1.12 bits per heavy atom. The van der Waals surface area contributed by atoms with Crippen LogP contribution in [0, 0.1) is 12.8 Å². The third-order valence-electron chi connectivity index (χ3n) is 4.52. The molecule has 138 valence electrons. The molecule has 1 unspecified atom stereocenters. The monoisotopic (exact) mass is 373 g/mol. The van der Waals surface area contributed by atoms with E-state index in [1.54, 1.807) is 12.1 Å². The highest BCUT2D eigenvalue weighted by Crippen LogP contribution is 2.22. The van der Waals surface area contributed by atoms with Crippen LogP contribution in [0.25, 0.3) is 0 Å². The lowest BCUT2D eigenvalue weighted by atomic mass is 10.1. The summed E-state index contributed by atoms with van der Waals surface area (Å²) in [5.74, 6) is 0.294. The number of amides is 2. The van der Waals surface area contributed by atoms with Crippen molar-refractivity contribution in [3.05, 3.63) is 60.2 Å². The van der Waals surface area contributed by atoms with E-state index in [4.69, 9.17) is 0 Å². The van der Waals surface area contributed by atoms with Gasteiger partial charge in [0.2, 0.25) is 0 Å². The lowest BCUT2D eigenvalue weighted by Gasteiger charge is -2.18. The number of para-hydroxylation sites is 1. The second-order valence-electron chi connectivity index (χ2n) is 6.56. The molecule has 1 aliphatic rings. The molecule has 1 aliphatic heterocycles. The van der Waals surface area contributed by atoms with E-state index < -0.39 is 16.1 Å². The summed E-state index contributed by atoms with van der Waals surface area (Å²) >= 11 is 0. The zero-order valence-corrected chi connectivity index (χ0v) is 15.5. The first-order valence-electron chi connectivity index (χ1n) is 8.61. The Labute approximate surface area is 154 Å². The molecule has 2 aromatic carbocycles. The van der Waals surface area contributed by atoms with Gasteiger partial charge in [-0.15, -0.1) is 0 Å². The van der Waals surface area contributed by atoms with Crippen LogP contribution in [-0.2, 0) is 10.0 Å². The highest BCUT2D eigenvalue weighted by molar-refractivity contribution is 7.90. The van der Waals surface area contributed by atoms with Gasteiger partial charge in [-0.3, -0.25) is 0 Å². The van der Waals surface area contributed by atoms with Crippen molar-refractivity contribution in [3.63, 3.8) is 0 Å². The maximum absolute atomic E-state index is 12.2. The summed E-state index contributed by atoms with van der Waals surface area (Å²) in [5.41, 5.74) is 2.12. The number of nitrogens with one attached hydrogen (secondary N) is 2. The summed E-state index contributed by atoms with van der Waals surface area (Å²) in [6.45, 7) is 4.09. The van der Waals surface area contributed by atoms with Gasteiger partial charge in [0.15, 0.2) is 0 Å². The summed E-state index contributed by atoms with van der Waals surface area (Å²) in [4.78, 5) is 14.3. The molecule has 1 atom stereocenters. The van der Waals surface area contributed by atoms with E-state index in [1.165, 1.54) is 17.8 Å². The van der Waals surface area contributed by atoms with Crippen molar-refractivity contribution in [1.82, 2.24) is 10.0 Å². The maximum Gasteiger partial charge on any atom is 0.328 e. The van der Waals surface area contributed by atoms with E-state index in [0.29, 0.717) is 12.5 Å². The molecule has 2 N–H and O–H groups in total. The third-order valence-corrected chi connectivity index (χ3v) is 5.86. The normalized spacial score (nSPS) is 17.1. The van der Waals surface area contributed by atoms with Crippen LogP contribution in [0.1, 0.15) is 12.0 Å². The van der Waals surface area contributed by atoms with Gasteiger partial charge in [-0.1, -0.05) is 35.9 Å². The number of aryl methyl sites for hydroxylation is 1. The summed E-state index contributed by atoms with van der Waals surface area (Å²) in [7, 11) is -3.85. The number of benzene rings is 2. The molecule has 0 radical (unpaired) electrons. The highest BCUT2D eigenvalue weighted by atomic mass is 32.2. The second-order valence-corrected chi connectivity index (χ2v) is 8.25. The van der Waals surface area contributed by atoms with E-state index in [9.17, 15) is 13.2 Å². The number of hydrogen-bond acceptors (Lipinski definition) is 4. The minimum Gasteiger partial charge on any atom is -0.371 e. The molecule has 26 heavy (non-hydrogen) atoms. The van der Waals surface area contributed by atoms with Gasteiger partial charge < -0.3 is 10.2 Å². The Kier molecular flexibility index (Phi) is 5.46. The fourth-order valence-corrected chi connectivity index (χ4v) is 3.97. The van der Waals surface area contributed by atoms with Gasteiger partial charge in [-0.05, 0) is 43.5 Å². The molecule has 2 amide bonds. The first-order valence-corrected chi connectivity index (χ1v) is 10.1. The lowest BCUT2D eigenvalue weighted by Crippen LogP contribution is -2.41. The number of sulfonamides is 1. The van der Waals surface area contributed by atoms with Gasteiger partial charge in [-0.25, -0.2) is 17.9 Å². The van der Waals surface area contributed by atoms with Crippen LogP contribution >= 0.6 is 0 Å².